The third kappa shape index (κ3) is 6.31. The molecule has 1 aromatic heterocycles. The van der Waals surface area contributed by atoms with Crippen LogP contribution in [0, 0.1) is 5.92 Å². The van der Waals surface area contributed by atoms with Crippen molar-refractivity contribution in [3.63, 3.8) is 0 Å². The molecule has 6 heteroatoms. The highest BCUT2D eigenvalue weighted by molar-refractivity contribution is 5.94. The van der Waals surface area contributed by atoms with E-state index >= 15 is 0 Å². The second kappa shape index (κ2) is 9.74. The van der Waals surface area contributed by atoms with E-state index < -0.39 is 5.60 Å². The highest BCUT2D eigenvalue weighted by Gasteiger charge is 2.29. The number of carbonyl (C=O) groups excluding carboxylic acids is 2. The minimum absolute atomic E-state index is 0.0861. The zero-order valence-corrected chi connectivity index (χ0v) is 18.0. The molecule has 1 aliphatic heterocycles. The van der Waals surface area contributed by atoms with E-state index in [2.05, 4.69) is 10.3 Å². The molecule has 1 atom stereocenters. The van der Waals surface area contributed by atoms with Crippen LogP contribution in [0.15, 0.2) is 54.9 Å². The lowest BCUT2D eigenvalue weighted by molar-refractivity contribution is 0.0178. The molecule has 6 nitrogen and oxygen atoms in total. The van der Waals surface area contributed by atoms with Crippen LogP contribution in [0.5, 0.6) is 0 Å². The molecule has 0 radical (unpaired) electrons. The Morgan fingerprint density at radius 2 is 1.83 bits per heavy atom. The van der Waals surface area contributed by atoms with Gasteiger partial charge in [0.2, 0.25) is 0 Å². The maximum Gasteiger partial charge on any atom is 0.410 e. The summed E-state index contributed by atoms with van der Waals surface area (Å²) in [5.41, 5.74) is 1.16. The monoisotopic (exact) mass is 409 g/mol. The van der Waals surface area contributed by atoms with Gasteiger partial charge < -0.3 is 15.0 Å². The Hall–Kier alpha value is -2.89. The lowest BCUT2D eigenvalue weighted by Crippen LogP contribution is -2.42. The summed E-state index contributed by atoms with van der Waals surface area (Å²) < 4.78 is 5.49. The zero-order chi connectivity index (χ0) is 21.6. The molecule has 1 aliphatic rings. The highest BCUT2D eigenvalue weighted by atomic mass is 16.6. The van der Waals surface area contributed by atoms with Crippen molar-refractivity contribution in [1.82, 2.24) is 15.2 Å². The fourth-order valence-corrected chi connectivity index (χ4v) is 3.71. The molecule has 2 amide bonds. The summed E-state index contributed by atoms with van der Waals surface area (Å²) in [4.78, 5) is 30.9. The molecule has 0 bridgehead atoms. The smallest absolute Gasteiger partial charge is 0.410 e. The first-order chi connectivity index (χ1) is 14.3. The number of carbonyl (C=O) groups is 2. The number of amides is 2. The Labute approximate surface area is 178 Å². The van der Waals surface area contributed by atoms with E-state index in [-0.39, 0.29) is 18.0 Å². The Bertz CT molecular complexity index is 826. The lowest BCUT2D eigenvalue weighted by atomic mass is 9.87. The number of hydrogen-bond acceptors (Lipinski definition) is 4. The van der Waals surface area contributed by atoms with Crippen LogP contribution < -0.4 is 5.32 Å². The van der Waals surface area contributed by atoms with Crippen LogP contribution in [-0.4, -0.2) is 40.6 Å². The Balaban J connectivity index is 1.62. The summed E-state index contributed by atoms with van der Waals surface area (Å²) in [6.45, 7) is 7.00. The molecule has 1 unspecified atom stereocenters. The van der Waals surface area contributed by atoms with Gasteiger partial charge in [-0.15, -0.1) is 0 Å². The minimum atomic E-state index is -0.483. The van der Waals surface area contributed by atoms with Gasteiger partial charge in [0.05, 0.1) is 11.6 Å². The van der Waals surface area contributed by atoms with Gasteiger partial charge in [-0.25, -0.2) is 4.79 Å². The van der Waals surface area contributed by atoms with E-state index in [1.54, 1.807) is 29.4 Å². The van der Waals surface area contributed by atoms with Gasteiger partial charge in [-0.05, 0) is 63.6 Å². The minimum Gasteiger partial charge on any atom is -0.444 e. The van der Waals surface area contributed by atoms with E-state index in [1.165, 1.54) is 0 Å². The van der Waals surface area contributed by atoms with Crippen LogP contribution >= 0.6 is 0 Å². The van der Waals surface area contributed by atoms with E-state index in [4.69, 9.17) is 4.74 Å². The number of nitrogens with one attached hydrogen (secondary N) is 1. The Morgan fingerprint density at radius 1 is 1.13 bits per heavy atom. The van der Waals surface area contributed by atoms with Crippen molar-refractivity contribution in [2.24, 2.45) is 5.92 Å². The largest absolute Gasteiger partial charge is 0.444 e. The van der Waals surface area contributed by atoms with Gasteiger partial charge in [0.1, 0.15) is 5.60 Å². The SMILES string of the molecule is CC(C)(C)OC(=O)N1CCC(CC(NC(=O)c2cccnc2)c2ccccc2)CC1. The molecule has 30 heavy (non-hydrogen) atoms. The molecule has 0 saturated carbocycles. The molecule has 160 valence electrons. The Morgan fingerprint density at radius 3 is 2.43 bits per heavy atom. The van der Waals surface area contributed by atoms with Crippen molar-refractivity contribution in [3.05, 3.63) is 66.0 Å². The first-order valence-electron chi connectivity index (χ1n) is 10.6. The molecule has 2 aromatic rings. The van der Waals surface area contributed by atoms with Gasteiger partial charge in [-0.3, -0.25) is 9.78 Å². The highest BCUT2D eigenvalue weighted by Crippen LogP contribution is 2.29. The number of pyridine rings is 1. The predicted molar refractivity (Wildman–Crippen MR) is 116 cm³/mol. The maximum atomic E-state index is 12.7. The molecule has 2 heterocycles. The molecule has 0 spiro atoms. The van der Waals surface area contributed by atoms with Gasteiger partial charge in [0, 0.05) is 25.5 Å². The number of aromatic nitrogens is 1. The van der Waals surface area contributed by atoms with Crippen LogP contribution in [0.1, 0.15) is 62.0 Å². The van der Waals surface area contributed by atoms with Gasteiger partial charge in [-0.1, -0.05) is 30.3 Å². The summed E-state index contributed by atoms with van der Waals surface area (Å²) in [6, 6.07) is 13.5. The number of hydrogen-bond donors (Lipinski definition) is 1. The first-order valence-corrected chi connectivity index (χ1v) is 10.6. The van der Waals surface area contributed by atoms with Crippen LogP contribution in [0.3, 0.4) is 0 Å². The Kier molecular flexibility index (Phi) is 7.08. The summed E-state index contributed by atoms with van der Waals surface area (Å²) in [5, 5.41) is 3.18. The number of nitrogens with zero attached hydrogens (tertiary/aromatic N) is 2. The molecular formula is C24H31N3O3. The number of likely N-dealkylation sites (tertiary alicyclic amines) is 1. The molecule has 1 fully saturated rings. The molecule has 1 N–H and O–H groups in total. The van der Waals surface area contributed by atoms with Crippen molar-refractivity contribution in [1.29, 1.82) is 0 Å². The fraction of sp³-hybridized carbons (Fsp3) is 0.458. The molecule has 0 aliphatic carbocycles. The zero-order valence-electron chi connectivity index (χ0n) is 18.0. The molecular weight excluding hydrogens is 378 g/mol. The van der Waals surface area contributed by atoms with Gasteiger partial charge in [-0.2, -0.15) is 0 Å². The van der Waals surface area contributed by atoms with Gasteiger partial charge in [0.25, 0.3) is 5.91 Å². The second-order valence-corrected chi connectivity index (χ2v) is 8.82. The normalized spacial score (nSPS) is 16.0. The van der Waals surface area contributed by atoms with Crippen LogP contribution in [0.2, 0.25) is 0 Å². The van der Waals surface area contributed by atoms with E-state index in [0.717, 1.165) is 24.8 Å². The summed E-state index contributed by atoms with van der Waals surface area (Å²) in [7, 11) is 0. The van der Waals surface area contributed by atoms with Crippen molar-refractivity contribution < 1.29 is 14.3 Å². The summed E-state index contributed by atoms with van der Waals surface area (Å²) in [6.07, 6.45) is 5.61. The van der Waals surface area contributed by atoms with E-state index in [0.29, 0.717) is 24.6 Å². The van der Waals surface area contributed by atoms with Crippen molar-refractivity contribution in [2.45, 2.75) is 51.7 Å². The average molecular weight is 410 g/mol. The molecule has 1 aromatic carbocycles. The maximum absolute atomic E-state index is 12.7. The quantitative estimate of drug-likeness (QED) is 0.784. The van der Waals surface area contributed by atoms with Crippen LogP contribution in [0.4, 0.5) is 4.79 Å². The van der Waals surface area contributed by atoms with E-state index in [1.807, 2.05) is 51.1 Å². The average Bonchev–Trinajstić information content (AvgIpc) is 2.74. The fourth-order valence-electron chi connectivity index (χ4n) is 3.71. The van der Waals surface area contributed by atoms with Crippen LogP contribution in [0.25, 0.3) is 0 Å². The lowest BCUT2D eigenvalue weighted by Gasteiger charge is -2.35. The van der Waals surface area contributed by atoms with Crippen molar-refractivity contribution >= 4 is 12.0 Å². The van der Waals surface area contributed by atoms with Gasteiger partial charge in [0.15, 0.2) is 0 Å². The third-order valence-electron chi connectivity index (χ3n) is 5.27. The van der Waals surface area contributed by atoms with Crippen molar-refractivity contribution in [2.75, 3.05) is 13.1 Å². The number of rotatable bonds is 5. The van der Waals surface area contributed by atoms with E-state index in [9.17, 15) is 9.59 Å². The van der Waals surface area contributed by atoms with Gasteiger partial charge >= 0.3 is 6.09 Å². The topological polar surface area (TPSA) is 71.5 Å². The summed E-state index contributed by atoms with van der Waals surface area (Å²) >= 11 is 0. The van der Waals surface area contributed by atoms with Crippen molar-refractivity contribution in [3.8, 4) is 0 Å². The second-order valence-electron chi connectivity index (χ2n) is 8.82. The first kappa shape index (κ1) is 21.8. The van der Waals surface area contributed by atoms with Crippen LogP contribution in [-0.2, 0) is 4.74 Å². The number of piperidine rings is 1. The summed E-state index contributed by atoms with van der Waals surface area (Å²) in [5.74, 6) is 0.297. The molecule has 1 saturated heterocycles. The number of ether oxygens (including phenoxy) is 1. The third-order valence-corrected chi connectivity index (χ3v) is 5.27. The standard InChI is InChI=1S/C24H31N3O3/c1-24(2,3)30-23(29)27-14-11-18(12-15-27)16-21(19-8-5-4-6-9-19)26-22(28)20-10-7-13-25-17-20/h4-10,13,17-18,21H,11-12,14-16H2,1-3H3,(H,26,28). The predicted octanol–water partition coefficient (Wildman–Crippen LogP) is 4.59. The molecule has 3 rings (SSSR count). The number of benzene rings is 1.